The third-order valence-corrected chi connectivity index (χ3v) is 2.44. The summed E-state index contributed by atoms with van der Waals surface area (Å²) in [4.78, 5) is 46.4. The van der Waals surface area contributed by atoms with E-state index in [1.165, 1.54) is 0 Å². The van der Waals surface area contributed by atoms with Gasteiger partial charge in [-0.2, -0.15) is 0 Å². The maximum atomic E-state index is 11.1. The molecule has 0 rings (SSSR count). The van der Waals surface area contributed by atoms with E-state index >= 15 is 0 Å². The van der Waals surface area contributed by atoms with Crippen molar-refractivity contribution in [2.24, 2.45) is 0 Å². The van der Waals surface area contributed by atoms with E-state index in [9.17, 15) is 18.7 Å². The molecule has 14 heteroatoms. The average molecular weight is 334 g/mol. The number of phosphoric ester groups is 2. The van der Waals surface area contributed by atoms with Gasteiger partial charge in [-0.1, -0.05) is 0 Å². The van der Waals surface area contributed by atoms with Gasteiger partial charge in [0.25, 0.3) is 5.76 Å². The molecule has 0 aliphatic carbocycles. The third kappa shape index (κ3) is 7.56. The molecule has 0 aliphatic heterocycles. The fraction of sp³-hybridized carbons (Fsp3) is 0. The summed E-state index contributed by atoms with van der Waals surface area (Å²) < 4.78 is 32.9. The van der Waals surface area contributed by atoms with Gasteiger partial charge in [0.2, 0.25) is 5.76 Å². The highest BCUT2D eigenvalue weighted by Crippen LogP contribution is 2.46. The van der Waals surface area contributed by atoms with Crippen LogP contribution in [0.5, 0.6) is 0 Å². The van der Waals surface area contributed by atoms with Crippen molar-refractivity contribution < 1.29 is 57.2 Å². The van der Waals surface area contributed by atoms with Crippen LogP contribution in [0.1, 0.15) is 0 Å². The van der Waals surface area contributed by atoms with Crippen molar-refractivity contribution in [3.05, 3.63) is 24.4 Å². The molecule has 0 saturated heterocycles. The van der Waals surface area contributed by atoms with E-state index in [4.69, 9.17) is 24.9 Å². The van der Waals surface area contributed by atoms with Crippen molar-refractivity contribution in [1.29, 1.82) is 0 Å². The summed E-state index contributed by atoms with van der Waals surface area (Å²) in [5.74, 6) is -6.53. The summed E-state index contributed by atoms with van der Waals surface area (Å²) in [6.45, 7) is 2.73. The van der Waals surface area contributed by atoms with Gasteiger partial charge in [-0.3, -0.25) is 14.7 Å². The first kappa shape index (κ1) is 18.2. The molecule has 0 amide bonds. The summed E-state index contributed by atoms with van der Waals surface area (Å²) in [7, 11) is -10.4. The number of rotatable bonds is 8. The standard InChI is InChI=1S/C6H8O12P2/c1-3(5(7)8)17-20(14,15)16-2-4(6(9)10)18-19(11,12)13/h2H,1H2,(H,7,8)(H,9,10)(H,14,15)(H2,11,12,13). The Kier molecular flexibility index (Phi) is 5.95. The first-order chi connectivity index (χ1) is 8.84. The zero-order valence-electron chi connectivity index (χ0n) is 9.27. The summed E-state index contributed by atoms with van der Waals surface area (Å²) in [5, 5.41) is 16.8. The molecule has 0 bridgehead atoms. The van der Waals surface area contributed by atoms with Gasteiger partial charge >= 0.3 is 27.6 Å². The van der Waals surface area contributed by atoms with Crippen molar-refractivity contribution in [2.45, 2.75) is 0 Å². The molecular weight excluding hydrogens is 326 g/mol. The SMILES string of the molecule is C=C(OP(=O)(O)OC=C(OP(=O)(O)O)C(=O)O)C(=O)O. The molecule has 0 spiro atoms. The lowest BCUT2D eigenvalue weighted by Gasteiger charge is -2.12. The number of carboxylic acids is 2. The third-order valence-electron chi connectivity index (χ3n) is 1.19. The van der Waals surface area contributed by atoms with Gasteiger partial charge in [0.15, 0.2) is 0 Å². The number of carboxylic acid groups (broad SMARTS) is 2. The molecule has 20 heavy (non-hydrogen) atoms. The van der Waals surface area contributed by atoms with Crippen LogP contribution in [0.4, 0.5) is 0 Å². The van der Waals surface area contributed by atoms with Crippen LogP contribution in [0, 0.1) is 0 Å². The molecule has 0 aromatic carbocycles. The van der Waals surface area contributed by atoms with Crippen LogP contribution in [0.25, 0.3) is 0 Å². The molecule has 5 N–H and O–H groups in total. The highest BCUT2D eigenvalue weighted by atomic mass is 31.2. The van der Waals surface area contributed by atoms with Gasteiger partial charge in [0.05, 0.1) is 0 Å². The zero-order valence-corrected chi connectivity index (χ0v) is 11.1. The molecule has 0 aromatic rings. The normalized spacial score (nSPS) is 14.8. The van der Waals surface area contributed by atoms with Gasteiger partial charge in [-0.05, 0) is 6.58 Å². The predicted octanol–water partition coefficient (Wildman–Crippen LogP) is -0.246. The first-order valence-corrected chi connectivity index (χ1v) is 7.18. The lowest BCUT2D eigenvalue weighted by atomic mass is 10.6. The van der Waals surface area contributed by atoms with Gasteiger partial charge in [-0.25, -0.2) is 18.7 Å². The summed E-state index contributed by atoms with van der Waals surface area (Å²) in [6.07, 6.45) is -0.142. The summed E-state index contributed by atoms with van der Waals surface area (Å²) in [5.41, 5.74) is 0. The van der Waals surface area contributed by atoms with Gasteiger partial charge in [0, 0.05) is 0 Å². The Morgan fingerprint density at radius 2 is 1.50 bits per heavy atom. The van der Waals surface area contributed by atoms with Crippen molar-refractivity contribution in [2.75, 3.05) is 0 Å². The number of phosphoric acid groups is 2. The highest BCUT2D eigenvalue weighted by Gasteiger charge is 2.29. The molecule has 0 radical (unpaired) electrons. The fourth-order valence-electron chi connectivity index (χ4n) is 0.553. The Balaban J connectivity index is 4.98. The van der Waals surface area contributed by atoms with Crippen molar-refractivity contribution in [1.82, 2.24) is 0 Å². The van der Waals surface area contributed by atoms with E-state index in [1.54, 1.807) is 0 Å². The lowest BCUT2D eigenvalue weighted by molar-refractivity contribution is -0.136. The smallest absolute Gasteiger partial charge is 0.475 e. The Hall–Kier alpha value is -1.84. The molecule has 0 fully saturated rings. The number of hydrogen-bond acceptors (Lipinski definition) is 7. The monoisotopic (exact) mass is 334 g/mol. The quantitative estimate of drug-likeness (QED) is 0.222. The Morgan fingerprint density at radius 3 is 1.85 bits per heavy atom. The van der Waals surface area contributed by atoms with Crippen LogP contribution in [0.15, 0.2) is 24.4 Å². The van der Waals surface area contributed by atoms with Crippen molar-refractivity contribution in [3.63, 3.8) is 0 Å². The second-order valence-electron chi connectivity index (χ2n) is 2.76. The number of carbonyl (C=O) groups is 2. The van der Waals surface area contributed by atoms with Crippen LogP contribution < -0.4 is 0 Å². The lowest BCUT2D eigenvalue weighted by Crippen LogP contribution is -2.06. The number of hydrogen-bond donors (Lipinski definition) is 5. The molecule has 0 saturated carbocycles. The Morgan fingerprint density at radius 1 is 1.00 bits per heavy atom. The Labute approximate surface area is 110 Å². The van der Waals surface area contributed by atoms with E-state index in [1.807, 2.05) is 0 Å². The molecule has 114 valence electrons. The minimum atomic E-state index is -5.25. The van der Waals surface area contributed by atoms with Gasteiger partial charge < -0.3 is 23.8 Å². The van der Waals surface area contributed by atoms with E-state index in [0.29, 0.717) is 0 Å². The molecule has 12 nitrogen and oxygen atoms in total. The van der Waals surface area contributed by atoms with Crippen LogP contribution >= 0.6 is 15.6 Å². The maximum absolute atomic E-state index is 11.1. The second-order valence-corrected chi connectivity index (χ2v) is 5.26. The van der Waals surface area contributed by atoms with E-state index in [0.717, 1.165) is 0 Å². The minimum Gasteiger partial charge on any atom is -0.475 e. The molecule has 0 aliphatic rings. The topological polar surface area (TPSA) is 197 Å². The molecule has 1 atom stereocenters. The maximum Gasteiger partial charge on any atom is 0.584 e. The van der Waals surface area contributed by atoms with Crippen molar-refractivity contribution in [3.8, 4) is 0 Å². The Bertz CT molecular complexity index is 540. The number of aliphatic carboxylic acids is 2. The second kappa shape index (κ2) is 6.55. The fourth-order valence-corrected chi connectivity index (χ4v) is 1.56. The van der Waals surface area contributed by atoms with E-state index < -0.39 is 39.1 Å². The minimum absolute atomic E-state index is 0.142. The summed E-state index contributed by atoms with van der Waals surface area (Å²) in [6, 6.07) is 0. The van der Waals surface area contributed by atoms with Gasteiger partial charge in [0.1, 0.15) is 6.26 Å². The van der Waals surface area contributed by atoms with E-state index in [-0.39, 0.29) is 6.26 Å². The highest BCUT2D eigenvalue weighted by molar-refractivity contribution is 7.47. The first-order valence-electron chi connectivity index (χ1n) is 4.15. The predicted molar refractivity (Wildman–Crippen MR) is 57.6 cm³/mol. The largest absolute Gasteiger partial charge is 0.584 e. The van der Waals surface area contributed by atoms with Crippen LogP contribution in [0.3, 0.4) is 0 Å². The van der Waals surface area contributed by atoms with Crippen LogP contribution in [0.2, 0.25) is 0 Å². The van der Waals surface area contributed by atoms with E-state index in [2.05, 4.69) is 20.2 Å². The van der Waals surface area contributed by atoms with Crippen LogP contribution in [-0.2, 0) is 32.3 Å². The molecular formula is C6H8O12P2. The van der Waals surface area contributed by atoms with Crippen LogP contribution in [-0.4, -0.2) is 36.8 Å². The average Bonchev–Trinajstić information content (AvgIpc) is 2.21. The van der Waals surface area contributed by atoms with Gasteiger partial charge in [-0.15, -0.1) is 0 Å². The van der Waals surface area contributed by atoms with Crippen molar-refractivity contribution >= 4 is 27.6 Å². The summed E-state index contributed by atoms with van der Waals surface area (Å²) >= 11 is 0. The molecule has 1 unspecified atom stereocenters. The molecule has 0 aromatic heterocycles. The zero-order chi connectivity index (χ0) is 16.1. The molecule has 0 heterocycles.